The summed E-state index contributed by atoms with van der Waals surface area (Å²) in [6.07, 6.45) is 6.22. The number of allylic oxidation sites excluding steroid dienone is 1. The van der Waals surface area contributed by atoms with Crippen molar-refractivity contribution < 1.29 is 0 Å². The summed E-state index contributed by atoms with van der Waals surface area (Å²) in [6, 6.07) is 0. The van der Waals surface area contributed by atoms with Crippen molar-refractivity contribution in [1.82, 2.24) is 5.32 Å². The first kappa shape index (κ1) is 10.4. The summed E-state index contributed by atoms with van der Waals surface area (Å²) in [6.45, 7) is 11.6. The van der Waals surface area contributed by atoms with E-state index in [2.05, 4.69) is 25.4 Å². The zero-order valence-electron chi connectivity index (χ0n) is 7.47. The van der Waals surface area contributed by atoms with Crippen molar-refractivity contribution in [2.45, 2.75) is 19.8 Å². The molecule has 0 aromatic carbocycles. The monoisotopic (exact) mass is 153 g/mol. The minimum absolute atomic E-state index is 0.743. The lowest BCUT2D eigenvalue weighted by molar-refractivity contribution is 0.499. The van der Waals surface area contributed by atoms with Crippen molar-refractivity contribution in [1.29, 1.82) is 0 Å². The molecule has 1 atom stereocenters. The Morgan fingerprint density at radius 2 is 2.09 bits per heavy atom. The Bertz CT molecular complexity index is 107. The predicted molar refractivity (Wildman–Crippen MR) is 51.7 cm³/mol. The lowest BCUT2D eigenvalue weighted by atomic mass is 10.1. The highest BCUT2D eigenvalue weighted by Gasteiger charge is 1.97. The van der Waals surface area contributed by atoms with Gasteiger partial charge in [-0.15, -0.1) is 13.2 Å². The number of nitrogens with one attached hydrogen (secondary N) is 1. The Hall–Kier alpha value is -0.560. The normalized spacial score (nSPS) is 12.5. The maximum absolute atomic E-state index is 3.69. The van der Waals surface area contributed by atoms with E-state index >= 15 is 0 Å². The van der Waals surface area contributed by atoms with Gasteiger partial charge in [0.15, 0.2) is 0 Å². The first-order valence-corrected chi connectivity index (χ1v) is 4.23. The van der Waals surface area contributed by atoms with E-state index < -0.39 is 0 Å². The van der Waals surface area contributed by atoms with Crippen LogP contribution in [0.25, 0.3) is 0 Å². The largest absolute Gasteiger partial charge is 0.313 e. The zero-order valence-corrected chi connectivity index (χ0v) is 7.47. The second kappa shape index (κ2) is 7.55. The predicted octanol–water partition coefficient (Wildman–Crippen LogP) is 2.36. The van der Waals surface area contributed by atoms with Crippen molar-refractivity contribution in [2.75, 3.05) is 13.1 Å². The van der Waals surface area contributed by atoms with E-state index in [1.54, 1.807) is 0 Å². The fourth-order valence-corrected chi connectivity index (χ4v) is 0.936. The highest BCUT2D eigenvalue weighted by atomic mass is 14.8. The van der Waals surface area contributed by atoms with Crippen LogP contribution in [0, 0.1) is 5.92 Å². The lowest BCUT2D eigenvalue weighted by Crippen LogP contribution is -2.20. The molecule has 0 aliphatic rings. The van der Waals surface area contributed by atoms with Crippen LogP contribution in [0.15, 0.2) is 25.3 Å². The third-order valence-electron chi connectivity index (χ3n) is 1.65. The molecule has 0 amide bonds. The first-order chi connectivity index (χ1) is 5.31. The van der Waals surface area contributed by atoms with E-state index in [1.807, 2.05) is 12.2 Å². The van der Waals surface area contributed by atoms with Gasteiger partial charge in [-0.1, -0.05) is 19.1 Å². The van der Waals surface area contributed by atoms with Gasteiger partial charge in [0, 0.05) is 6.54 Å². The Labute approximate surface area is 70.2 Å². The van der Waals surface area contributed by atoms with Crippen LogP contribution in [0.1, 0.15) is 19.8 Å². The van der Waals surface area contributed by atoms with Gasteiger partial charge in [-0.3, -0.25) is 0 Å². The molecule has 1 heteroatoms. The van der Waals surface area contributed by atoms with Crippen LogP contribution in [-0.2, 0) is 0 Å². The number of hydrogen-bond donors (Lipinski definition) is 1. The molecule has 11 heavy (non-hydrogen) atoms. The molecule has 0 aromatic rings. The highest BCUT2D eigenvalue weighted by molar-refractivity contribution is 4.72. The van der Waals surface area contributed by atoms with Crippen molar-refractivity contribution in [3.63, 3.8) is 0 Å². The van der Waals surface area contributed by atoms with Crippen LogP contribution in [0.2, 0.25) is 0 Å². The summed E-state index contributed by atoms with van der Waals surface area (Å²) >= 11 is 0. The average molecular weight is 153 g/mol. The molecule has 0 radical (unpaired) electrons. The summed E-state index contributed by atoms with van der Waals surface area (Å²) in [5.41, 5.74) is 0. The summed E-state index contributed by atoms with van der Waals surface area (Å²) in [5.74, 6) is 0.743. The van der Waals surface area contributed by atoms with Crippen molar-refractivity contribution in [2.24, 2.45) is 5.92 Å². The Balaban J connectivity index is 3.14. The van der Waals surface area contributed by atoms with Gasteiger partial charge in [0.1, 0.15) is 0 Å². The number of rotatable bonds is 7. The van der Waals surface area contributed by atoms with E-state index in [-0.39, 0.29) is 0 Å². The topological polar surface area (TPSA) is 12.0 Å². The average Bonchev–Trinajstić information content (AvgIpc) is 2.01. The second-order valence-electron chi connectivity index (χ2n) is 2.92. The maximum atomic E-state index is 3.69. The van der Waals surface area contributed by atoms with Gasteiger partial charge in [-0.25, -0.2) is 0 Å². The van der Waals surface area contributed by atoms with Crippen LogP contribution in [0.3, 0.4) is 0 Å². The van der Waals surface area contributed by atoms with Gasteiger partial charge < -0.3 is 5.32 Å². The molecule has 0 bridgehead atoms. The minimum Gasteiger partial charge on any atom is -0.313 e. The van der Waals surface area contributed by atoms with Crippen LogP contribution < -0.4 is 5.32 Å². The van der Waals surface area contributed by atoms with Gasteiger partial charge in [0.2, 0.25) is 0 Å². The first-order valence-electron chi connectivity index (χ1n) is 4.23. The third-order valence-corrected chi connectivity index (χ3v) is 1.65. The number of hydrogen-bond acceptors (Lipinski definition) is 1. The van der Waals surface area contributed by atoms with Gasteiger partial charge in [-0.2, -0.15) is 0 Å². The van der Waals surface area contributed by atoms with E-state index in [9.17, 15) is 0 Å². The van der Waals surface area contributed by atoms with Crippen LogP contribution in [0.4, 0.5) is 0 Å². The maximum Gasteiger partial charge on any atom is 0.0132 e. The van der Waals surface area contributed by atoms with Gasteiger partial charge >= 0.3 is 0 Å². The SMILES string of the molecule is C=CCCC(C)CNCC=C. The molecule has 0 saturated heterocycles. The molecule has 0 aromatic heterocycles. The standard InChI is InChI=1S/C10H19N/c1-4-6-7-10(3)9-11-8-5-2/h4-5,10-11H,1-2,6-9H2,3H3. The Morgan fingerprint density at radius 1 is 1.36 bits per heavy atom. The van der Waals surface area contributed by atoms with Crippen molar-refractivity contribution >= 4 is 0 Å². The van der Waals surface area contributed by atoms with Crippen molar-refractivity contribution in [3.05, 3.63) is 25.3 Å². The molecular weight excluding hydrogens is 134 g/mol. The molecule has 0 heterocycles. The quantitative estimate of drug-likeness (QED) is 0.437. The molecule has 1 nitrogen and oxygen atoms in total. The smallest absolute Gasteiger partial charge is 0.0132 e. The molecule has 1 unspecified atom stereocenters. The fourth-order valence-electron chi connectivity index (χ4n) is 0.936. The zero-order chi connectivity index (χ0) is 8.53. The lowest BCUT2D eigenvalue weighted by Gasteiger charge is -2.09. The Morgan fingerprint density at radius 3 is 2.64 bits per heavy atom. The molecule has 0 rings (SSSR count). The molecule has 0 saturated carbocycles. The van der Waals surface area contributed by atoms with Gasteiger partial charge in [0.05, 0.1) is 0 Å². The van der Waals surface area contributed by atoms with E-state index in [1.165, 1.54) is 6.42 Å². The molecule has 0 spiro atoms. The summed E-state index contributed by atoms with van der Waals surface area (Å²) < 4.78 is 0. The molecular formula is C10H19N. The fraction of sp³-hybridized carbons (Fsp3) is 0.600. The second-order valence-corrected chi connectivity index (χ2v) is 2.92. The van der Waals surface area contributed by atoms with E-state index in [0.717, 1.165) is 25.4 Å². The minimum atomic E-state index is 0.743. The highest BCUT2D eigenvalue weighted by Crippen LogP contribution is 2.03. The van der Waals surface area contributed by atoms with E-state index in [4.69, 9.17) is 0 Å². The Kier molecular flexibility index (Phi) is 7.16. The molecule has 0 aliphatic carbocycles. The van der Waals surface area contributed by atoms with Crippen LogP contribution in [0.5, 0.6) is 0 Å². The molecule has 1 N–H and O–H groups in total. The molecule has 0 fully saturated rings. The summed E-state index contributed by atoms with van der Waals surface area (Å²) in [4.78, 5) is 0. The van der Waals surface area contributed by atoms with E-state index in [0.29, 0.717) is 0 Å². The van der Waals surface area contributed by atoms with Gasteiger partial charge in [-0.05, 0) is 25.3 Å². The molecule has 64 valence electrons. The van der Waals surface area contributed by atoms with Crippen LogP contribution >= 0.6 is 0 Å². The van der Waals surface area contributed by atoms with Crippen molar-refractivity contribution in [3.8, 4) is 0 Å². The molecule has 0 aliphatic heterocycles. The third kappa shape index (κ3) is 7.34. The van der Waals surface area contributed by atoms with Gasteiger partial charge in [0.25, 0.3) is 0 Å². The van der Waals surface area contributed by atoms with Crippen LogP contribution in [-0.4, -0.2) is 13.1 Å². The summed E-state index contributed by atoms with van der Waals surface area (Å²) in [5, 5.41) is 3.29. The summed E-state index contributed by atoms with van der Waals surface area (Å²) in [7, 11) is 0.